The van der Waals surface area contributed by atoms with E-state index in [1.54, 1.807) is 0 Å². The first kappa shape index (κ1) is 30.7. The second-order valence-electron chi connectivity index (χ2n) is 14.0. The quantitative estimate of drug-likeness (QED) is 0.183. The summed E-state index contributed by atoms with van der Waals surface area (Å²) in [5.41, 5.74) is 13.7. The predicted octanol–water partition coefficient (Wildman–Crippen LogP) is 12.9. The van der Waals surface area contributed by atoms with E-state index in [4.69, 9.17) is 4.42 Å². The zero-order chi connectivity index (χ0) is 36.6. The van der Waals surface area contributed by atoms with Crippen LogP contribution in [0.25, 0.3) is 99.2 Å². The maximum absolute atomic E-state index is 9.69. The number of para-hydroxylation sites is 2. The number of hydrogen-bond acceptors (Lipinski definition) is 3. The molecule has 0 radical (unpaired) electrons. The van der Waals surface area contributed by atoms with Crippen LogP contribution in [0.4, 0.5) is 0 Å². The second-order valence-corrected chi connectivity index (χ2v) is 14.0. The first-order chi connectivity index (χ1) is 27.2. The van der Waals surface area contributed by atoms with Gasteiger partial charge in [-0.15, -0.1) is 0 Å². The zero-order valence-corrected chi connectivity index (χ0v) is 29.4. The number of hydrogen-bond donors (Lipinski definition) is 0. The van der Waals surface area contributed by atoms with Gasteiger partial charge in [0.1, 0.15) is 11.2 Å². The number of rotatable bonds is 4. The van der Waals surface area contributed by atoms with Crippen LogP contribution in [0, 0.1) is 22.7 Å². The van der Waals surface area contributed by atoms with Gasteiger partial charge in [-0.2, -0.15) is 10.5 Å². The van der Waals surface area contributed by atoms with Crippen LogP contribution >= 0.6 is 0 Å². The molecule has 3 heterocycles. The van der Waals surface area contributed by atoms with Gasteiger partial charge in [-0.05, 0) is 107 Å². The molecule has 0 spiro atoms. The van der Waals surface area contributed by atoms with E-state index in [9.17, 15) is 10.5 Å². The van der Waals surface area contributed by atoms with Crippen LogP contribution in [0.5, 0.6) is 0 Å². The highest BCUT2D eigenvalue weighted by Crippen LogP contribution is 2.42. The van der Waals surface area contributed by atoms with Gasteiger partial charge in [0.15, 0.2) is 0 Å². The van der Waals surface area contributed by atoms with Crippen molar-refractivity contribution in [1.29, 1.82) is 10.5 Å². The number of aromatic nitrogens is 2. The molecule has 0 aliphatic heterocycles. The summed E-state index contributed by atoms with van der Waals surface area (Å²) >= 11 is 0. The summed E-state index contributed by atoms with van der Waals surface area (Å²) in [5, 5.41) is 25.8. The minimum atomic E-state index is 0.586. The molecular formula is C50H28N4O. The fourth-order valence-corrected chi connectivity index (χ4v) is 8.57. The fourth-order valence-electron chi connectivity index (χ4n) is 8.57. The number of furan rings is 1. The van der Waals surface area contributed by atoms with Crippen LogP contribution in [0.2, 0.25) is 0 Å². The van der Waals surface area contributed by atoms with E-state index < -0.39 is 0 Å². The highest BCUT2D eigenvalue weighted by Gasteiger charge is 2.20. The van der Waals surface area contributed by atoms with Crippen molar-refractivity contribution in [3.63, 3.8) is 0 Å². The molecule has 11 rings (SSSR count). The normalized spacial score (nSPS) is 11.6. The van der Waals surface area contributed by atoms with Crippen LogP contribution in [0.15, 0.2) is 174 Å². The summed E-state index contributed by atoms with van der Waals surface area (Å²) in [5.74, 6) is 0. The van der Waals surface area contributed by atoms with Gasteiger partial charge in [0, 0.05) is 38.3 Å². The molecule has 3 aromatic heterocycles. The molecule has 0 aliphatic carbocycles. The average Bonchev–Trinajstić information content (AvgIpc) is 3.91. The van der Waals surface area contributed by atoms with Gasteiger partial charge < -0.3 is 13.6 Å². The maximum Gasteiger partial charge on any atom is 0.145 e. The van der Waals surface area contributed by atoms with Crippen molar-refractivity contribution in [3.05, 3.63) is 181 Å². The molecule has 0 amide bonds. The molecule has 0 fully saturated rings. The van der Waals surface area contributed by atoms with E-state index in [1.165, 1.54) is 0 Å². The smallest absolute Gasteiger partial charge is 0.145 e. The Labute approximate surface area is 315 Å². The van der Waals surface area contributed by atoms with Crippen molar-refractivity contribution in [2.45, 2.75) is 0 Å². The summed E-state index contributed by atoms with van der Waals surface area (Å²) in [6.45, 7) is 0. The first-order valence-electron chi connectivity index (χ1n) is 18.2. The van der Waals surface area contributed by atoms with Gasteiger partial charge in [0.25, 0.3) is 0 Å². The summed E-state index contributed by atoms with van der Waals surface area (Å²) in [7, 11) is 0. The third-order valence-corrected chi connectivity index (χ3v) is 11.0. The Bertz CT molecular complexity index is 3400. The molecule has 0 saturated heterocycles. The molecule has 5 heteroatoms. The number of benzene rings is 8. The first-order valence-corrected chi connectivity index (χ1v) is 18.2. The average molecular weight is 701 g/mol. The Balaban J connectivity index is 1.07. The van der Waals surface area contributed by atoms with Gasteiger partial charge in [0.2, 0.25) is 0 Å². The van der Waals surface area contributed by atoms with Crippen molar-refractivity contribution >= 4 is 65.6 Å². The van der Waals surface area contributed by atoms with E-state index in [2.05, 4.69) is 143 Å². The van der Waals surface area contributed by atoms with Crippen LogP contribution in [0.3, 0.4) is 0 Å². The van der Waals surface area contributed by atoms with Crippen LogP contribution < -0.4 is 0 Å². The van der Waals surface area contributed by atoms with Crippen molar-refractivity contribution < 1.29 is 4.42 Å². The van der Waals surface area contributed by atoms with E-state index >= 15 is 0 Å². The standard InChI is InChI=1S/C50H28N4O/c51-29-31-19-22-45-42(25-31)43-26-32(30-52)20-23-46(43)53(45)35-11-7-9-33(27-35)37-13-1-2-14-38(37)34-10-8-12-36(28-34)54-44-17-5-3-16-41(44)49-47(54)24-21-40-39-15-4-6-18-48(39)55-50(40)49/h1-28H. The summed E-state index contributed by atoms with van der Waals surface area (Å²) in [6, 6.07) is 63.3. The SMILES string of the molecule is N#Cc1ccc2c(c1)c1cc(C#N)ccc1n2-c1cccc(-c2ccccc2-c2cccc(-n3c4ccccc4c4c5oc6ccccc6c5ccc43)c2)c1. The van der Waals surface area contributed by atoms with E-state index in [0.717, 1.165) is 99.2 Å². The number of nitriles is 2. The molecule has 0 N–H and O–H groups in total. The van der Waals surface area contributed by atoms with Crippen molar-refractivity contribution in [1.82, 2.24) is 9.13 Å². The topological polar surface area (TPSA) is 70.6 Å². The Morgan fingerprint density at radius 3 is 1.56 bits per heavy atom. The molecule has 0 atom stereocenters. The lowest BCUT2D eigenvalue weighted by Crippen LogP contribution is -1.96. The van der Waals surface area contributed by atoms with Gasteiger partial charge in [-0.3, -0.25) is 0 Å². The summed E-state index contributed by atoms with van der Waals surface area (Å²) in [4.78, 5) is 0. The van der Waals surface area contributed by atoms with Crippen LogP contribution in [0.1, 0.15) is 11.1 Å². The highest BCUT2D eigenvalue weighted by atomic mass is 16.3. The zero-order valence-electron chi connectivity index (χ0n) is 29.4. The molecule has 0 bridgehead atoms. The van der Waals surface area contributed by atoms with Crippen molar-refractivity contribution in [2.24, 2.45) is 0 Å². The van der Waals surface area contributed by atoms with Gasteiger partial charge in [-0.1, -0.05) is 84.9 Å². The Morgan fingerprint density at radius 2 is 0.927 bits per heavy atom. The minimum absolute atomic E-state index is 0.586. The van der Waals surface area contributed by atoms with E-state index in [-0.39, 0.29) is 0 Å². The minimum Gasteiger partial charge on any atom is -0.455 e. The molecule has 55 heavy (non-hydrogen) atoms. The molecule has 11 aromatic rings. The lowest BCUT2D eigenvalue weighted by molar-refractivity contribution is 0.673. The molecule has 0 saturated carbocycles. The highest BCUT2D eigenvalue weighted by molar-refractivity contribution is 6.24. The van der Waals surface area contributed by atoms with Gasteiger partial charge in [-0.25, -0.2) is 0 Å². The van der Waals surface area contributed by atoms with Gasteiger partial charge >= 0.3 is 0 Å². The molecule has 5 nitrogen and oxygen atoms in total. The Kier molecular flexibility index (Phi) is 6.61. The third-order valence-electron chi connectivity index (χ3n) is 11.0. The van der Waals surface area contributed by atoms with Crippen LogP contribution in [-0.2, 0) is 0 Å². The molecule has 254 valence electrons. The third kappa shape index (κ3) is 4.58. The molecule has 0 unspecified atom stereocenters. The molecule has 0 aliphatic rings. The summed E-state index contributed by atoms with van der Waals surface area (Å²) in [6.07, 6.45) is 0. The molecule has 8 aromatic carbocycles. The molecular weight excluding hydrogens is 673 g/mol. The Hall–Kier alpha value is -7.86. The monoisotopic (exact) mass is 700 g/mol. The largest absolute Gasteiger partial charge is 0.455 e. The van der Waals surface area contributed by atoms with Crippen LogP contribution in [-0.4, -0.2) is 9.13 Å². The van der Waals surface area contributed by atoms with Gasteiger partial charge in [0.05, 0.1) is 50.7 Å². The lowest BCUT2D eigenvalue weighted by atomic mass is 9.94. The maximum atomic E-state index is 9.69. The predicted molar refractivity (Wildman–Crippen MR) is 223 cm³/mol. The van der Waals surface area contributed by atoms with E-state index in [1.807, 2.05) is 48.5 Å². The Morgan fingerprint density at radius 1 is 0.400 bits per heavy atom. The van der Waals surface area contributed by atoms with Crippen molar-refractivity contribution in [2.75, 3.05) is 0 Å². The van der Waals surface area contributed by atoms with Crippen molar-refractivity contribution in [3.8, 4) is 45.8 Å². The lowest BCUT2D eigenvalue weighted by Gasteiger charge is -2.15. The fraction of sp³-hybridized carbons (Fsp3) is 0. The second kappa shape index (κ2) is 11.8. The number of nitrogens with zero attached hydrogens (tertiary/aromatic N) is 4. The van der Waals surface area contributed by atoms with E-state index in [0.29, 0.717) is 11.1 Å². The summed E-state index contributed by atoms with van der Waals surface area (Å²) < 4.78 is 11.1. The number of fused-ring (bicyclic) bond motifs is 10.